The Labute approximate surface area is 108 Å². The van der Waals surface area contributed by atoms with Crippen LogP contribution >= 0.6 is 27.3 Å². The number of nitrogens with one attached hydrogen (secondary N) is 1. The van der Waals surface area contributed by atoms with Crippen molar-refractivity contribution in [2.45, 2.75) is 6.54 Å². The van der Waals surface area contributed by atoms with Gasteiger partial charge in [0.05, 0.1) is 13.1 Å². The molecule has 88 valence electrons. The SMILES string of the molecule is C=CCNCC(=O)N(C)Cc1cc(Br)cs1. The number of hydrogen-bond donors (Lipinski definition) is 1. The zero-order chi connectivity index (χ0) is 12.0. The number of hydrogen-bond acceptors (Lipinski definition) is 3. The van der Waals surface area contributed by atoms with Crippen LogP contribution in [0.2, 0.25) is 0 Å². The van der Waals surface area contributed by atoms with Gasteiger partial charge in [0.2, 0.25) is 5.91 Å². The third-order valence-electron chi connectivity index (χ3n) is 2.01. The average Bonchev–Trinajstić information content (AvgIpc) is 2.64. The molecule has 0 fully saturated rings. The Kier molecular flexibility index (Phi) is 5.73. The van der Waals surface area contributed by atoms with Crippen molar-refractivity contribution in [3.05, 3.63) is 33.5 Å². The molecule has 0 unspecified atom stereocenters. The number of nitrogens with zero attached hydrogens (tertiary/aromatic N) is 1. The predicted molar refractivity (Wildman–Crippen MR) is 71.6 cm³/mol. The summed E-state index contributed by atoms with van der Waals surface area (Å²) in [4.78, 5) is 14.5. The lowest BCUT2D eigenvalue weighted by Gasteiger charge is -2.16. The lowest BCUT2D eigenvalue weighted by molar-refractivity contribution is -0.129. The van der Waals surface area contributed by atoms with Gasteiger partial charge in [-0.3, -0.25) is 4.79 Å². The average molecular weight is 303 g/mol. The number of halogens is 1. The fraction of sp³-hybridized carbons (Fsp3) is 0.364. The second kappa shape index (κ2) is 6.83. The van der Waals surface area contributed by atoms with E-state index in [4.69, 9.17) is 0 Å². The van der Waals surface area contributed by atoms with Crippen LogP contribution in [0.3, 0.4) is 0 Å². The van der Waals surface area contributed by atoms with E-state index in [0.717, 1.165) is 4.47 Å². The Hall–Kier alpha value is -0.650. The molecule has 0 spiro atoms. The Bertz CT molecular complexity index is 365. The molecule has 3 nitrogen and oxygen atoms in total. The maximum atomic E-state index is 11.7. The summed E-state index contributed by atoms with van der Waals surface area (Å²) < 4.78 is 1.07. The van der Waals surface area contributed by atoms with Crippen molar-refractivity contribution in [2.75, 3.05) is 20.1 Å². The fourth-order valence-corrected chi connectivity index (χ4v) is 2.68. The van der Waals surface area contributed by atoms with Crippen LogP contribution in [-0.4, -0.2) is 30.9 Å². The van der Waals surface area contributed by atoms with Crippen LogP contribution < -0.4 is 5.32 Å². The summed E-state index contributed by atoms with van der Waals surface area (Å²) >= 11 is 5.04. The molecular formula is C11H15BrN2OS. The number of carbonyl (C=O) groups is 1. The Morgan fingerprint density at radius 1 is 1.75 bits per heavy atom. The zero-order valence-electron chi connectivity index (χ0n) is 9.20. The molecule has 0 aliphatic heterocycles. The second-order valence-electron chi connectivity index (χ2n) is 3.40. The van der Waals surface area contributed by atoms with Gasteiger partial charge in [-0.25, -0.2) is 0 Å². The first-order chi connectivity index (χ1) is 7.63. The highest BCUT2D eigenvalue weighted by Gasteiger charge is 2.09. The normalized spacial score (nSPS) is 10.1. The molecule has 1 amide bonds. The van der Waals surface area contributed by atoms with E-state index in [9.17, 15) is 4.79 Å². The van der Waals surface area contributed by atoms with Crippen LogP contribution in [0.5, 0.6) is 0 Å². The van der Waals surface area contributed by atoms with Crippen LogP contribution in [0.25, 0.3) is 0 Å². The first kappa shape index (κ1) is 13.4. The van der Waals surface area contributed by atoms with Crippen molar-refractivity contribution in [3.8, 4) is 0 Å². The van der Waals surface area contributed by atoms with Gasteiger partial charge in [-0.05, 0) is 22.0 Å². The van der Waals surface area contributed by atoms with Gasteiger partial charge in [-0.15, -0.1) is 17.9 Å². The van der Waals surface area contributed by atoms with Crippen LogP contribution in [0.15, 0.2) is 28.6 Å². The summed E-state index contributed by atoms with van der Waals surface area (Å²) in [5.41, 5.74) is 0. The van der Waals surface area contributed by atoms with E-state index in [0.29, 0.717) is 19.6 Å². The second-order valence-corrected chi connectivity index (χ2v) is 5.31. The minimum absolute atomic E-state index is 0.0892. The molecule has 16 heavy (non-hydrogen) atoms. The van der Waals surface area contributed by atoms with Gasteiger partial charge in [0.15, 0.2) is 0 Å². The largest absolute Gasteiger partial charge is 0.340 e. The van der Waals surface area contributed by atoms with Crippen molar-refractivity contribution in [3.63, 3.8) is 0 Å². The quantitative estimate of drug-likeness (QED) is 0.646. The van der Waals surface area contributed by atoms with Crippen molar-refractivity contribution < 1.29 is 4.79 Å². The zero-order valence-corrected chi connectivity index (χ0v) is 11.6. The van der Waals surface area contributed by atoms with E-state index < -0.39 is 0 Å². The molecule has 0 radical (unpaired) electrons. The molecule has 1 heterocycles. The van der Waals surface area contributed by atoms with Gasteiger partial charge in [0.1, 0.15) is 0 Å². The number of thiophene rings is 1. The number of rotatable bonds is 6. The van der Waals surface area contributed by atoms with Gasteiger partial charge < -0.3 is 10.2 Å². The third kappa shape index (κ3) is 4.47. The highest BCUT2D eigenvalue weighted by atomic mass is 79.9. The third-order valence-corrected chi connectivity index (χ3v) is 3.69. The summed E-state index contributed by atoms with van der Waals surface area (Å²) in [5, 5.41) is 5.01. The Morgan fingerprint density at radius 3 is 3.06 bits per heavy atom. The number of likely N-dealkylation sites (N-methyl/N-ethyl adjacent to an activating group) is 1. The molecule has 1 aromatic heterocycles. The summed E-state index contributed by atoms with van der Waals surface area (Å²) in [6.07, 6.45) is 1.74. The molecule has 1 rings (SSSR count). The van der Waals surface area contributed by atoms with Crippen LogP contribution in [-0.2, 0) is 11.3 Å². The Balaban J connectivity index is 2.36. The lowest BCUT2D eigenvalue weighted by Crippen LogP contribution is -2.35. The summed E-state index contributed by atoms with van der Waals surface area (Å²) in [6.45, 7) is 5.25. The molecule has 0 aliphatic carbocycles. The minimum atomic E-state index is 0.0892. The van der Waals surface area contributed by atoms with Gasteiger partial charge in [-0.2, -0.15) is 0 Å². The predicted octanol–water partition coefficient (Wildman–Crippen LogP) is 2.24. The number of amides is 1. The van der Waals surface area contributed by atoms with Crippen LogP contribution in [0, 0.1) is 0 Å². The summed E-state index contributed by atoms with van der Waals surface area (Å²) in [6, 6.07) is 2.03. The fourth-order valence-electron chi connectivity index (χ4n) is 1.17. The topological polar surface area (TPSA) is 32.3 Å². The Morgan fingerprint density at radius 2 is 2.50 bits per heavy atom. The molecule has 1 aromatic rings. The van der Waals surface area contributed by atoms with Crippen molar-refractivity contribution >= 4 is 33.2 Å². The molecule has 0 atom stereocenters. The standard InChI is InChI=1S/C11H15BrN2OS/c1-3-4-13-6-11(15)14(2)7-10-5-9(12)8-16-10/h3,5,8,13H,1,4,6-7H2,2H3. The van der Waals surface area contributed by atoms with E-state index in [1.54, 1.807) is 22.3 Å². The van der Waals surface area contributed by atoms with E-state index >= 15 is 0 Å². The van der Waals surface area contributed by atoms with Crippen molar-refractivity contribution in [1.29, 1.82) is 0 Å². The lowest BCUT2D eigenvalue weighted by atomic mass is 10.4. The minimum Gasteiger partial charge on any atom is -0.340 e. The smallest absolute Gasteiger partial charge is 0.236 e. The highest BCUT2D eigenvalue weighted by Crippen LogP contribution is 2.20. The maximum Gasteiger partial charge on any atom is 0.236 e. The first-order valence-electron chi connectivity index (χ1n) is 4.92. The van der Waals surface area contributed by atoms with E-state index in [2.05, 4.69) is 27.8 Å². The maximum absolute atomic E-state index is 11.7. The highest BCUT2D eigenvalue weighted by molar-refractivity contribution is 9.10. The van der Waals surface area contributed by atoms with E-state index in [1.165, 1.54) is 4.88 Å². The van der Waals surface area contributed by atoms with Gasteiger partial charge in [0.25, 0.3) is 0 Å². The molecule has 0 saturated carbocycles. The van der Waals surface area contributed by atoms with Crippen molar-refractivity contribution in [1.82, 2.24) is 10.2 Å². The molecule has 0 aliphatic rings. The molecule has 0 bridgehead atoms. The monoisotopic (exact) mass is 302 g/mol. The molecule has 0 aromatic carbocycles. The summed E-state index contributed by atoms with van der Waals surface area (Å²) in [5.74, 6) is 0.0892. The van der Waals surface area contributed by atoms with Gasteiger partial charge in [-0.1, -0.05) is 6.08 Å². The van der Waals surface area contributed by atoms with E-state index in [-0.39, 0.29) is 5.91 Å². The molecular weight excluding hydrogens is 288 g/mol. The van der Waals surface area contributed by atoms with Gasteiger partial charge in [0, 0.05) is 28.3 Å². The summed E-state index contributed by atoms with van der Waals surface area (Å²) in [7, 11) is 1.81. The molecule has 1 N–H and O–H groups in total. The van der Waals surface area contributed by atoms with Gasteiger partial charge >= 0.3 is 0 Å². The first-order valence-corrected chi connectivity index (χ1v) is 6.59. The molecule has 0 saturated heterocycles. The van der Waals surface area contributed by atoms with E-state index in [1.807, 2.05) is 18.5 Å². The van der Waals surface area contributed by atoms with Crippen LogP contribution in [0.4, 0.5) is 0 Å². The van der Waals surface area contributed by atoms with Crippen molar-refractivity contribution in [2.24, 2.45) is 0 Å². The number of carbonyl (C=O) groups excluding carboxylic acids is 1. The van der Waals surface area contributed by atoms with Crippen LogP contribution in [0.1, 0.15) is 4.88 Å². The molecule has 5 heteroatoms.